The van der Waals surface area contributed by atoms with Crippen LogP contribution >= 0.6 is 0 Å². The molecule has 1 N–H and O–H groups in total. The predicted molar refractivity (Wildman–Crippen MR) is 118 cm³/mol. The van der Waals surface area contributed by atoms with Gasteiger partial charge in [0.15, 0.2) is 0 Å². The number of carbonyl (C=O) groups is 2. The third-order valence-corrected chi connectivity index (χ3v) is 5.70. The first-order chi connectivity index (χ1) is 14.6. The fourth-order valence-electron chi connectivity index (χ4n) is 4.07. The van der Waals surface area contributed by atoms with E-state index in [9.17, 15) is 9.59 Å². The van der Waals surface area contributed by atoms with E-state index in [0.717, 1.165) is 35.0 Å². The van der Waals surface area contributed by atoms with E-state index in [-0.39, 0.29) is 11.8 Å². The molecule has 1 aromatic heterocycles. The minimum absolute atomic E-state index is 0.0210. The Morgan fingerprint density at radius 3 is 2.53 bits per heavy atom. The standard InChI is InChI=1S/C24H28N4O2/c1-26-17-21(20-10-5-6-11-22(20)26)24(30)28-13-7-12-27(14-15-28)18-23(29)25-16-19-8-3-2-4-9-19/h2-6,8-11,17H,7,12-16,18H2,1H3,(H,25,29). The van der Waals surface area contributed by atoms with Crippen molar-refractivity contribution in [3.05, 3.63) is 71.9 Å². The minimum atomic E-state index is 0.0210. The molecule has 6 heteroatoms. The molecule has 0 bridgehead atoms. The molecule has 0 radical (unpaired) electrons. The highest BCUT2D eigenvalue weighted by molar-refractivity contribution is 6.07. The fraction of sp³-hybridized carbons (Fsp3) is 0.333. The fourth-order valence-corrected chi connectivity index (χ4v) is 4.07. The van der Waals surface area contributed by atoms with Crippen molar-refractivity contribution >= 4 is 22.7 Å². The van der Waals surface area contributed by atoms with E-state index >= 15 is 0 Å². The highest BCUT2D eigenvalue weighted by Gasteiger charge is 2.23. The lowest BCUT2D eigenvalue weighted by Crippen LogP contribution is -2.39. The van der Waals surface area contributed by atoms with Crippen LogP contribution in [0.5, 0.6) is 0 Å². The lowest BCUT2D eigenvalue weighted by molar-refractivity contribution is -0.122. The number of para-hydroxylation sites is 1. The molecule has 4 rings (SSSR count). The summed E-state index contributed by atoms with van der Waals surface area (Å²) in [6, 6.07) is 17.9. The van der Waals surface area contributed by atoms with E-state index in [1.54, 1.807) is 0 Å². The number of carbonyl (C=O) groups excluding carboxylic acids is 2. The van der Waals surface area contributed by atoms with Crippen LogP contribution in [0.3, 0.4) is 0 Å². The molecule has 0 saturated carbocycles. The van der Waals surface area contributed by atoms with Crippen molar-refractivity contribution in [3.8, 4) is 0 Å². The second kappa shape index (κ2) is 9.13. The second-order valence-electron chi connectivity index (χ2n) is 7.86. The van der Waals surface area contributed by atoms with Gasteiger partial charge in [0.1, 0.15) is 0 Å². The Balaban J connectivity index is 1.33. The van der Waals surface area contributed by atoms with E-state index in [4.69, 9.17) is 0 Å². The number of nitrogens with zero attached hydrogens (tertiary/aromatic N) is 3. The normalized spacial score (nSPS) is 15.2. The van der Waals surface area contributed by atoms with Crippen LogP contribution in [0.15, 0.2) is 60.8 Å². The lowest BCUT2D eigenvalue weighted by atomic mass is 10.1. The van der Waals surface area contributed by atoms with Crippen LogP contribution in [-0.4, -0.2) is 58.9 Å². The zero-order valence-corrected chi connectivity index (χ0v) is 17.4. The average molecular weight is 405 g/mol. The van der Waals surface area contributed by atoms with Gasteiger partial charge in [0.2, 0.25) is 5.91 Å². The molecule has 1 saturated heterocycles. The third kappa shape index (κ3) is 4.54. The number of nitrogens with one attached hydrogen (secondary N) is 1. The van der Waals surface area contributed by atoms with Crippen molar-refractivity contribution < 1.29 is 9.59 Å². The van der Waals surface area contributed by atoms with Crippen molar-refractivity contribution in [3.63, 3.8) is 0 Å². The molecule has 2 amide bonds. The summed E-state index contributed by atoms with van der Waals surface area (Å²) in [6.45, 7) is 3.77. The second-order valence-corrected chi connectivity index (χ2v) is 7.86. The monoisotopic (exact) mass is 404 g/mol. The van der Waals surface area contributed by atoms with Gasteiger partial charge in [0.05, 0.1) is 12.1 Å². The summed E-state index contributed by atoms with van der Waals surface area (Å²) in [5.74, 6) is 0.0925. The molecule has 2 aromatic carbocycles. The van der Waals surface area contributed by atoms with Gasteiger partial charge < -0.3 is 14.8 Å². The number of hydrogen-bond donors (Lipinski definition) is 1. The Kier molecular flexibility index (Phi) is 6.14. The summed E-state index contributed by atoms with van der Waals surface area (Å²) in [5, 5.41) is 3.98. The summed E-state index contributed by atoms with van der Waals surface area (Å²) >= 11 is 0. The number of aryl methyl sites for hydroxylation is 1. The lowest BCUT2D eigenvalue weighted by Gasteiger charge is -2.21. The third-order valence-electron chi connectivity index (χ3n) is 5.70. The van der Waals surface area contributed by atoms with E-state index in [2.05, 4.69) is 10.2 Å². The number of benzene rings is 2. The number of hydrogen-bond acceptors (Lipinski definition) is 3. The first-order valence-corrected chi connectivity index (χ1v) is 10.5. The smallest absolute Gasteiger partial charge is 0.256 e. The van der Waals surface area contributed by atoms with Crippen molar-refractivity contribution in [2.45, 2.75) is 13.0 Å². The maximum Gasteiger partial charge on any atom is 0.256 e. The van der Waals surface area contributed by atoms with Gasteiger partial charge >= 0.3 is 0 Å². The van der Waals surface area contributed by atoms with Crippen molar-refractivity contribution in [2.75, 3.05) is 32.7 Å². The van der Waals surface area contributed by atoms with Crippen LogP contribution in [-0.2, 0) is 18.4 Å². The van der Waals surface area contributed by atoms with Crippen LogP contribution in [0, 0.1) is 0 Å². The van der Waals surface area contributed by atoms with E-state index in [1.165, 1.54) is 0 Å². The quantitative estimate of drug-likeness (QED) is 0.711. The van der Waals surface area contributed by atoms with Gasteiger partial charge in [-0.15, -0.1) is 0 Å². The van der Waals surface area contributed by atoms with Gasteiger partial charge in [-0.05, 0) is 18.1 Å². The molecule has 6 nitrogen and oxygen atoms in total. The maximum atomic E-state index is 13.2. The molecular weight excluding hydrogens is 376 g/mol. The number of rotatable bonds is 5. The van der Waals surface area contributed by atoms with Crippen molar-refractivity contribution in [2.24, 2.45) is 7.05 Å². The molecule has 0 atom stereocenters. The van der Waals surface area contributed by atoms with Crippen molar-refractivity contribution in [1.29, 1.82) is 0 Å². The summed E-state index contributed by atoms with van der Waals surface area (Å²) in [6.07, 6.45) is 2.79. The van der Waals surface area contributed by atoms with Gasteiger partial charge in [0.25, 0.3) is 5.91 Å². The van der Waals surface area contributed by atoms with Crippen LogP contribution in [0.4, 0.5) is 0 Å². The molecule has 156 valence electrons. The first-order valence-electron chi connectivity index (χ1n) is 10.5. The topological polar surface area (TPSA) is 57.6 Å². The molecule has 0 unspecified atom stereocenters. The summed E-state index contributed by atoms with van der Waals surface area (Å²) in [7, 11) is 1.97. The molecule has 1 fully saturated rings. The number of fused-ring (bicyclic) bond motifs is 1. The SMILES string of the molecule is Cn1cc(C(=O)N2CCCN(CC(=O)NCc3ccccc3)CC2)c2ccccc21. The molecule has 3 aromatic rings. The molecule has 0 aliphatic carbocycles. The molecule has 30 heavy (non-hydrogen) atoms. The van der Waals surface area contributed by atoms with Crippen LogP contribution in [0.2, 0.25) is 0 Å². The Morgan fingerprint density at radius 1 is 0.933 bits per heavy atom. The maximum absolute atomic E-state index is 13.2. The first kappa shape index (κ1) is 20.2. The summed E-state index contributed by atoms with van der Waals surface area (Å²) < 4.78 is 2.00. The van der Waals surface area contributed by atoms with Crippen LogP contribution < -0.4 is 5.32 Å². The molecule has 1 aliphatic heterocycles. The predicted octanol–water partition coefficient (Wildman–Crippen LogP) is 2.64. The van der Waals surface area contributed by atoms with Crippen molar-refractivity contribution in [1.82, 2.24) is 19.7 Å². The molecule has 0 spiro atoms. The van der Waals surface area contributed by atoms with Gasteiger partial charge in [-0.2, -0.15) is 0 Å². The highest BCUT2D eigenvalue weighted by Crippen LogP contribution is 2.22. The highest BCUT2D eigenvalue weighted by atomic mass is 16.2. The Hall–Kier alpha value is -3.12. The summed E-state index contributed by atoms with van der Waals surface area (Å²) in [4.78, 5) is 29.6. The Bertz CT molecular complexity index is 1030. The van der Waals surface area contributed by atoms with Gasteiger partial charge in [-0.1, -0.05) is 48.5 Å². The number of amides is 2. The number of aromatic nitrogens is 1. The van der Waals surface area contributed by atoms with Gasteiger partial charge in [-0.3, -0.25) is 14.5 Å². The van der Waals surface area contributed by atoms with Gasteiger partial charge in [0, 0.05) is 56.9 Å². The Morgan fingerprint density at radius 2 is 1.70 bits per heavy atom. The van der Waals surface area contributed by atoms with E-state index < -0.39 is 0 Å². The zero-order valence-electron chi connectivity index (χ0n) is 17.4. The van der Waals surface area contributed by atoms with Gasteiger partial charge in [-0.25, -0.2) is 0 Å². The molecule has 1 aliphatic rings. The summed E-state index contributed by atoms with van der Waals surface area (Å²) in [5.41, 5.74) is 2.91. The average Bonchev–Trinajstić information content (AvgIpc) is 2.94. The van der Waals surface area contributed by atoms with E-state index in [1.807, 2.05) is 77.3 Å². The molecular formula is C24H28N4O2. The minimum Gasteiger partial charge on any atom is -0.351 e. The Labute approximate surface area is 177 Å². The van der Waals surface area contributed by atoms with Crippen LogP contribution in [0.25, 0.3) is 10.9 Å². The van der Waals surface area contributed by atoms with Crippen LogP contribution in [0.1, 0.15) is 22.3 Å². The zero-order chi connectivity index (χ0) is 20.9. The largest absolute Gasteiger partial charge is 0.351 e. The molecule has 2 heterocycles. The van der Waals surface area contributed by atoms with E-state index in [0.29, 0.717) is 32.7 Å².